The summed E-state index contributed by atoms with van der Waals surface area (Å²) in [7, 11) is 5.31. The van der Waals surface area contributed by atoms with Gasteiger partial charge in [0.25, 0.3) is 0 Å². The molecule has 0 aromatic carbocycles. The first-order valence-electron chi connectivity index (χ1n) is 21.6. The van der Waals surface area contributed by atoms with E-state index in [9.17, 15) is 29.1 Å². The number of carboxylic acid groups (broad SMARTS) is 1. The van der Waals surface area contributed by atoms with Crippen molar-refractivity contribution < 1.29 is 76.4 Å². The Morgan fingerprint density at radius 2 is 1.52 bits per heavy atom. The van der Waals surface area contributed by atoms with E-state index in [0.717, 1.165) is 0 Å². The van der Waals surface area contributed by atoms with Gasteiger partial charge in [-0.05, 0) is 86.7 Å². The van der Waals surface area contributed by atoms with E-state index >= 15 is 0 Å². The number of hydrogen-bond acceptors (Lipinski definition) is 16. The summed E-state index contributed by atoms with van der Waals surface area (Å²) < 4.78 is 62.0. The molecular weight excluding hydrogens is 800 g/mol. The Hall–Kier alpha value is -3.29. The molecule has 4 rings (SSSR count). The van der Waals surface area contributed by atoms with Gasteiger partial charge in [-0.25, -0.2) is 9.59 Å². The van der Waals surface area contributed by atoms with Gasteiger partial charge in [-0.3, -0.25) is 14.4 Å². The van der Waals surface area contributed by atoms with Crippen molar-refractivity contribution in [3.63, 3.8) is 0 Å². The fraction of sp³-hybridized carbons (Fsp3) is 0.884. The highest BCUT2D eigenvalue weighted by Gasteiger charge is 2.59. The number of methoxy groups -OCH3 is 1. The van der Waals surface area contributed by atoms with Crippen molar-refractivity contribution in [1.29, 1.82) is 0 Å². The molecule has 4 aliphatic rings. The van der Waals surface area contributed by atoms with Crippen LogP contribution in [-0.4, -0.2) is 158 Å². The van der Waals surface area contributed by atoms with Gasteiger partial charge < -0.3 is 62.3 Å². The molecule has 18 atom stereocenters. The van der Waals surface area contributed by atoms with Gasteiger partial charge in [0.1, 0.15) is 11.7 Å². The number of rotatable bonds is 9. The fourth-order valence-electron chi connectivity index (χ4n) is 9.99. The number of cyclic esters (lactones) is 1. The van der Waals surface area contributed by atoms with Crippen LogP contribution in [-0.2, 0) is 61.8 Å². The van der Waals surface area contributed by atoms with Gasteiger partial charge in [0.2, 0.25) is 0 Å². The van der Waals surface area contributed by atoms with Gasteiger partial charge in [0, 0.05) is 39.8 Å². The minimum Gasteiger partial charge on any atom is -0.465 e. The highest BCUT2D eigenvalue weighted by molar-refractivity contribution is 5.73. The highest BCUT2D eigenvalue weighted by Crippen LogP contribution is 2.42. The van der Waals surface area contributed by atoms with Crippen LogP contribution in [0.4, 0.5) is 9.59 Å². The van der Waals surface area contributed by atoms with Gasteiger partial charge in [-0.2, -0.15) is 0 Å². The van der Waals surface area contributed by atoms with Crippen molar-refractivity contribution in [3.8, 4) is 0 Å². The van der Waals surface area contributed by atoms with E-state index in [4.69, 9.17) is 47.4 Å². The summed E-state index contributed by atoms with van der Waals surface area (Å²) in [5.41, 5.74) is -2.60. The SMILES string of the molecule is CC[C@H]1OC(=O)[C@H](C)[C@@H](O[C@H]2C[C@@](C)(OC)[C@@H](OC(C)=O)[C@H](C)O2)[C@H](C)[C@@H](O[C@@H]2O[C@H](C)C[C@H](N(C)C)[C@H]2OC(C)=O)[C@@H](C)C[C@@H](C)CN(C(=O)O)[C@H](C)[C@H]2OC(=O)O[C@@]21C. The van der Waals surface area contributed by atoms with Crippen molar-refractivity contribution in [3.05, 3.63) is 0 Å². The van der Waals surface area contributed by atoms with Crippen LogP contribution in [0, 0.1) is 23.7 Å². The number of fused-ring (bicyclic) bond motifs is 1. The van der Waals surface area contributed by atoms with Crippen molar-refractivity contribution in [2.24, 2.45) is 23.7 Å². The van der Waals surface area contributed by atoms with E-state index < -0.39 is 115 Å². The Morgan fingerprint density at radius 3 is 2.08 bits per heavy atom. The first kappa shape index (κ1) is 50.4. The Kier molecular flexibility index (Phi) is 16.9. The van der Waals surface area contributed by atoms with Gasteiger partial charge in [-0.1, -0.05) is 27.7 Å². The summed E-state index contributed by atoms with van der Waals surface area (Å²) in [5.74, 6) is -3.97. The number of amides is 1. The molecule has 4 fully saturated rings. The molecule has 61 heavy (non-hydrogen) atoms. The fourth-order valence-corrected chi connectivity index (χ4v) is 9.99. The maximum absolute atomic E-state index is 14.6. The molecule has 4 saturated heterocycles. The normalized spacial score (nSPS) is 42.9. The van der Waals surface area contributed by atoms with E-state index in [1.807, 2.05) is 46.7 Å². The molecule has 0 aromatic heterocycles. The first-order chi connectivity index (χ1) is 28.4. The monoisotopic (exact) mass is 872 g/mol. The van der Waals surface area contributed by atoms with Crippen LogP contribution in [0.2, 0.25) is 0 Å². The quantitative estimate of drug-likeness (QED) is 0.235. The summed E-state index contributed by atoms with van der Waals surface area (Å²) in [4.78, 5) is 68.3. The van der Waals surface area contributed by atoms with Crippen LogP contribution in [0.3, 0.4) is 0 Å². The molecule has 350 valence electrons. The standard InChI is InChI=1S/C43H72N2O16/c1-16-31-43(12)36(60-41(51)61-43)26(7)45(40(49)50)20-21(2)17-22(3)33(59-39-35(55-28(9)46)30(44(13)14)18-23(4)53-39)24(5)34(25(6)38(48)57-31)58-32-19-42(11,52-15)37(27(8)54-32)56-29(10)47/h21-27,30-37,39H,16-20H2,1-15H3,(H,49,50)/t21-,22+,23-,24-,25-,26-,27+,30+,31-,32+,33+,34+,35-,36-,37+,39+,42-,43-/m1/s1. The second kappa shape index (κ2) is 20.5. The lowest BCUT2D eigenvalue weighted by molar-refractivity contribution is -0.311. The van der Waals surface area contributed by atoms with E-state index in [2.05, 4.69) is 0 Å². The van der Waals surface area contributed by atoms with Crippen LogP contribution in [0.1, 0.15) is 109 Å². The third-order valence-electron chi connectivity index (χ3n) is 13.2. The Balaban J connectivity index is 1.87. The van der Waals surface area contributed by atoms with Crippen LogP contribution in [0.25, 0.3) is 0 Å². The average molecular weight is 873 g/mol. The topological polar surface area (TPSA) is 204 Å². The molecule has 0 radical (unpaired) electrons. The predicted octanol–water partition coefficient (Wildman–Crippen LogP) is 5.16. The number of nitrogens with zero attached hydrogens (tertiary/aromatic N) is 2. The van der Waals surface area contributed by atoms with Gasteiger partial charge >= 0.3 is 30.2 Å². The highest BCUT2D eigenvalue weighted by atomic mass is 16.8. The van der Waals surface area contributed by atoms with Crippen molar-refractivity contribution in [2.75, 3.05) is 27.7 Å². The number of carbonyl (C=O) groups excluding carboxylic acids is 4. The molecule has 0 saturated carbocycles. The lowest BCUT2D eigenvalue weighted by Crippen LogP contribution is -2.60. The largest absolute Gasteiger partial charge is 0.509 e. The first-order valence-corrected chi connectivity index (χ1v) is 21.6. The zero-order valence-corrected chi connectivity index (χ0v) is 38.7. The van der Waals surface area contributed by atoms with E-state index in [1.54, 1.807) is 41.5 Å². The molecule has 18 nitrogen and oxygen atoms in total. The molecule has 0 bridgehead atoms. The molecular formula is C43H72N2O16. The molecule has 0 spiro atoms. The Morgan fingerprint density at radius 1 is 0.885 bits per heavy atom. The van der Waals surface area contributed by atoms with Crippen LogP contribution >= 0.6 is 0 Å². The summed E-state index contributed by atoms with van der Waals surface area (Å²) in [5, 5.41) is 10.6. The number of carbonyl (C=O) groups is 5. The number of ether oxygens (including phenoxy) is 10. The summed E-state index contributed by atoms with van der Waals surface area (Å²) >= 11 is 0. The minimum absolute atomic E-state index is 0.0572. The smallest absolute Gasteiger partial charge is 0.465 e. The number of esters is 3. The Bertz CT molecular complexity index is 1550. The minimum atomic E-state index is -1.56. The van der Waals surface area contributed by atoms with E-state index in [-0.39, 0.29) is 43.4 Å². The van der Waals surface area contributed by atoms with E-state index in [1.165, 1.54) is 25.9 Å². The zero-order valence-electron chi connectivity index (χ0n) is 38.7. The molecule has 4 heterocycles. The molecule has 4 aliphatic heterocycles. The summed E-state index contributed by atoms with van der Waals surface area (Å²) in [6, 6.07) is -1.15. The third-order valence-corrected chi connectivity index (χ3v) is 13.2. The second-order valence-corrected chi connectivity index (χ2v) is 18.4. The van der Waals surface area contributed by atoms with Gasteiger partial charge in [0.15, 0.2) is 36.5 Å². The number of likely N-dealkylation sites (N-methyl/N-ethyl adjacent to an activating group) is 1. The van der Waals surface area contributed by atoms with E-state index in [0.29, 0.717) is 12.8 Å². The maximum atomic E-state index is 14.6. The molecule has 18 heteroatoms. The molecule has 0 aromatic rings. The molecule has 0 aliphatic carbocycles. The van der Waals surface area contributed by atoms with Crippen molar-refractivity contribution in [1.82, 2.24) is 9.80 Å². The summed E-state index contributed by atoms with van der Waals surface area (Å²) in [6.45, 7) is 20.7. The summed E-state index contributed by atoms with van der Waals surface area (Å²) in [6.07, 6.45) is -9.39. The van der Waals surface area contributed by atoms with Crippen LogP contribution < -0.4 is 0 Å². The third kappa shape index (κ3) is 11.5. The maximum Gasteiger partial charge on any atom is 0.509 e. The van der Waals surface area contributed by atoms with Crippen LogP contribution in [0.15, 0.2) is 0 Å². The Labute approximate surface area is 360 Å². The van der Waals surface area contributed by atoms with Crippen molar-refractivity contribution in [2.45, 2.75) is 193 Å². The molecule has 1 N–H and O–H groups in total. The van der Waals surface area contributed by atoms with Gasteiger partial charge in [0.05, 0.1) is 42.4 Å². The average Bonchev–Trinajstić information content (AvgIpc) is 3.48. The van der Waals surface area contributed by atoms with Crippen molar-refractivity contribution >= 4 is 30.2 Å². The van der Waals surface area contributed by atoms with Gasteiger partial charge in [-0.15, -0.1) is 0 Å². The molecule has 1 amide bonds. The lowest BCUT2D eigenvalue weighted by atomic mass is 9.80. The predicted molar refractivity (Wildman–Crippen MR) is 217 cm³/mol. The lowest BCUT2D eigenvalue weighted by Gasteiger charge is -2.48. The zero-order chi connectivity index (χ0) is 45.9. The molecule has 0 unspecified atom stereocenters. The second-order valence-electron chi connectivity index (χ2n) is 18.4. The number of hydrogen-bond donors (Lipinski definition) is 1. The van der Waals surface area contributed by atoms with Crippen LogP contribution in [0.5, 0.6) is 0 Å².